The van der Waals surface area contributed by atoms with Gasteiger partial charge in [0.25, 0.3) is 0 Å². The topological polar surface area (TPSA) is 38.1 Å². The fourth-order valence-electron chi connectivity index (χ4n) is 1.84. The Morgan fingerprint density at radius 3 is 3.00 bits per heavy atom. The molecule has 0 unspecified atom stereocenters. The van der Waals surface area contributed by atoms with E-state index in [0.717, 1.165) is 28.2 Å². The molecule has 0 amide bonds. The van der Waals surface area contributed by atoms with Crippen LogP contribution in [0.3, 0.4) is 0 Å². The van der Waals surface area contributed by atoms with Gasteiger partial charge in [-0.1, -0.05) is 22.0 Å². The largest absolute Gasteiger partial charge is 0.439 e. The van der Waals surface area contributed by atoms with E-state index in [1.807, 2.05) is 12.1 Å². The summed E-state index contributed by atoms with van der Waals surface area (Å²) in [5, 5.41) is 3.39. The maximum absolute atomic E-state index is 5.75. The van der Waals surface area contributed by atoms with E-state index < -0.39 is 0 Å². The average molecular weight is 307 g/mol. The molecule has 4 heteroatoms. The molecule has 1 N–H and O–H groups in total. The van der Waals surface area contributed by atoms with Crippen molar-refractivity contribution >= 4 is 15.9 Å². The quantitative estimate of drug-likeness (QED) is 0.936. The molecule has 3 nitrogen and oxygen atoms in total. The lowest BCUT2D eigenvalue weighted by atomic mass is 10.1. The fraction of sp³-hybridized carbons (Fsp3) is 0.357. The summed E-state index contributed by atoms with van der Waals surface area (Å²) in [5.74, 6) is 1.59. The van der Waals surface area contributed by atoms with Crippen molar-refractivity contribution in [2.45, 2.75) is 32.4 Å². The number of halogens is 1. The molecule has 0 bridgehead atoms. The fourth-order valence-corrected chi connectivity index (χ4v) is 2.09. The van der Waals surface area contributed by atoms with Crippen molar-refractivity contribution in [1.29, 1.82) is 0 Å². The predicted molar refractivity (Wildman–Crippen MR) is 74.2 cm³/mol. The Bertz CT molecular complexity index is 561. The minimum Gasteiger partial charge on any atom is -0.439 e. The van der Waals surface area contributed by atoms with Gasteiger partial charge in [-0.25, -0.2) is 4.98 Å². The van der Waals surface area contributed by atoms with E-state index in [4.69, 9.17) is 4.42 Å². The number of nitrogens with one attached hydrogen (secondary N) is 1. The Hall–Kier alpha value is -1.13. The van der Waals surface area contributed by atoms with Crippen LogP contribution < -0.4 is 5.32 Å². The van der Waals surface area contributed by atoms with E-state index in [-0.39, 0.29) is 0 Å². The number of rotatable bonds is 4. The van der Waals surface area contributed by atoms with E-state index in [1.54, 1.807) is 6.20 Å². The van der Waals surface area contributed by atoms with Gasteiger partial charge in [-0.05, 0) is 37.5 Å². The van der Waals surface area contributed by atoms with Gasteiger partial charge in [0, 0.05) is 16.1 Å². The van der Waals surface area contributed by atoms with Gasteiger partial charge in [0.1, 0.15) is 0 Å². The average Bonchev–Trinajstić information content (AvgIpc) is 3.08. The number of nitrogens with zero attached hydrogens (tertiary/aromatic N) is 1. The van der Waals surface area contributed by atoms with Crippen LogP contribution in [0.4, 0.5) is 0 Å². The van der Waals surface area contributed by atoms with Crippen molar-refractivity contribution in [3.8, 4) is 11.3 Å². The Morgan fingerprint density at radius 1 is 1.44 bits per heavy atom. The summed E-state index contributed by atoms with van der Waals surface area (Å²) < 4.78 is 6.87. The van der Waals surface area contributed by atoms with Crippen molar-refractivity contribution in [3.05, 3.63) is 40.3 Å². The molecule has 3 rings (SSSR count). The first-order valence-electron chi connectivity index (χ1n) is 6.17. The van der Waals surface area contributed by atoms with Gasteiger partial charge in [-0.15, -0.1) is 0 Å². The molecule has 0 atom stereocenters. The van der Waals surface area contributed by atoms with Crippen LogP contribution in [0.15, 0.2) is 33.3 Å². The molecule has 0 aliphatic heterocycles. The third-order valence-corrected chi connectivity index (χ3v) is 4.01. The number of aromatic nitrogens is 1. The SMILES string of the molecule is Cc1cc(-c2cnc(CNC3CC3)o2)ccc1Br. The van der Waals surface area contributed by atoms with Gasteiger partial charge in [-0.3, -0.25) is 0 Å². The van der Waals surface area contributed by atoms with E-state index in [0.29, 0.717) is 6.04 Å². The Balaban J connectivity index is 1.76. The molecule has 1 aliphatic rings. The monoisotopic (exact) mass is 306 g/mol. The zero-order valence-corrected chi connectivity index (χ0v) is 11.8. The minimum absolute atomic E-state index is 0.676. The normalized spacial score (nSPS) is 15.0. The lowest BCUT2D eigenvalue weighted by molar-refractivity contribution is 0.476. The maximum Gasteiger partial charge on any atom is 0.208 e. The lowest BCUT2D eigenvalue weighted by Gasteiger charge is -2.01. The van der Waals surface area contributed by atoms with Crippen LogP contribution in [0.2, 0.25) is 0 Å². The van der Waals surface area contributed by atoms with Gasteiger partial charge in [-0.2, -0.15) is 0 Å². The Morgan fingerprint density at radius 2 is 2.28 bits per heavy atom. The Kier molecular flexibility index (Phi) is 3.22. The van der Waals surface area contributed by atoms with Crippen LogP contribution in [0.1, 0.15) is 24.3 Å². The zero-order valence-electron chi connectivity index (χ0n) is 10.2. The molecule has 0 spiro atoms. The first-order valence-corrected chi connectivity index (χ1v) is 6.96. The second-order valence-electron chi connectivity index (χ2n) is 4.74. The van der Waals surface area contributed by atoms with Crippen molar-refractivity contribution in [1.82, 2.24) is 10.3 Å². The van der Waals surface area contributed by atoms with E-state index in [2.05, 4.69) is 39.2 Å². The standard InChI is InChI=1S/C14H15BrN2O/c1-9-6-10(2-5-12(9)15)13-7-17-14(18-13)8-16-11-3-4-11/h2,5-7,11,16H,3-4,8H2,1H3. The maximum atomic E-state index is 5.75. The molecule has 94 valence electrons. The molecule has 1 aromatic heterocycles. The zero-order chi connectivity index (χ0) is 12.5. The van der Waals surface area contributed by atoms with Crippen molar-refractivity contribution in [2.75, 3.05) is 0 Å². The number of oxazole rings is 1. The minimum atomic E-state index is 0.676. The third kappa shape index (κ3) is 2.65. The second-order valence-corrected chi connectivity index (χ2v) is 5.59. The highest BCUT2D eigenvalue weighted by atomic mass is 79.9. The Labute approximate surface area is 115 Å². The van der Waals surface area contributed by atoms with Crippen molar-refractivity contribution in [3.63, 3.8) is 0 Å². The smallest absolute Gasteiger partial charge is 0.208 e. The van der Waals surface area contributed by atoms with Crippen LogP contribution >= 0.6 is 15.9 Å². The number of benzene rings is 1. The highest BCUT2D eigenvalue weighted by molar-refractivity contribution is 9.10. The highest BCUT2D eigenvalue weighted by Gasteiger charge is 2.20. The molecule has 1 aliphatic carbocycles. The third-order valence-electron chi connectivity index (χ3n) is 3.12. The number of hydrogen-bond donors (Lipinski definition) is 1. The van der Waals surface area contributed by atoms with Crippen LogP contribution in [0.5, 0.6) is 0 Å². The highest BCUT2D eigenvalue weighted by Crippen LogP contribution is 2.26. The number of aryl methyl sites for hydroxylation is 1. The van der Waals surface area contributed by atoms with Crippen LogP contribution in [0.25, 0.3) is 11.3 Å². The number of hydrogen-bond acceptors (Lipinski definition) is 3. The van der Waals surface area contributed by atoms with Crippen LogP contribution in [-0.2, 0) is 6.54 Å². The summed E-state index contributed by atoms with van der Waals surface area (Å²) in [7, 11) is 0. The summed E-state index contributed by atoms with van der Waals surface area (Å²) in [4.78, 5) is 4.30. The summed E-state index contributed by atoms with van der Waals surface area (Å²) in [5.41, 5.74) is 2.27. The van der Waals surface area contributed by atoms with E-state index >= 15 is 0 Å². The summed E-state index contributed by atoms with van der Waals surface area (Å²) in [6.45, 7) is 2.79. The van der Waals surface area contributed by atoms with E-state index in [9.17, 15) is 0 Å². The summed E-state index contributed by atoms with van der Waals surface area (Å²) in [6, 6.07) is 6.85. The summed E-state index contributed by atoms with van der Waals surface area (Å²) in [6.07, 6.45) is 4.35. The first kappa shape index (κ1) is 11.9. The van der Waals surface area contributed by atoms with Gasteiger partial charge in [0.2, 0.25) is 5.89 Å². The van der Waals surface area contributed by atoms with Crippen molar-refractivity contribution in [2.24, 2.45) is 0 Å². The molecule has 1 heterocycles. The molecular formula is C14H15BrN2O. The van der Waals surface area contributed by atoms with Crippen LogP contribution in [0, 0.1) is 6.92 Å². The first-order chi connectivity index (χ1) is 8.72. The van der Waals surface area contributed by atoms with Gasteiger partial charge in [0.05, 0.1) is 12.7 Å². The molecular weight excluding hydrogens is 292 g/mol. The molecule has 0 radical (unpaired) electrons. The van der Waals surface area contributed by atoms with E-state index in [1.165, 1.54) is 18.4 Å². The lowest BCUT2D eigenvalue weighted by Crippen LogP contribution is -2.15. The molecule has 1 saturated carbocycles. The summed E-state index contributed by atoms with van der Waals surface area (Å²) >= 11 is 3.50. The van der Waals surface area contributed by atoms with Crippen molar-refractivity contribution < 1.29 is 4.42 Å². The predicted octanol–water partition coefficient (Wildman–Crippen LogP) is 3.66. The van der Waals surface area contributed by atoms with Gasteiger partial charge >= 0.3 is 0 Å². The second kappa shape index (κ2) is 4.86. The molecule has 2 aromatic rings. The molecule has 0 saturated heterocycles. The van der Waals surface area contributed by atoms with Crippen LogP contribution in [-0.4, -0.2) is 11.0 Å². The van der Waals surface area contributed by atoms with Gasteiger partial charge in [0.15, 0.2) is 5.76 Å². The molecule has 1 aromatic carbocycles. The molecule has 1 fully saturated rings. The molecule has 18 heavy (non-hydrogen) atoms. The van der Waals surface area contributed by atoms with Gasteiger partial charge < -0.3 is 9.73 Å².